The van der Waals surface area contributed by atoms with Crippen molar-refractivity contribution in [2.24, 2.45) is 0 Å². The van der Waals surface area contributed by atoms with Gasteiger partial charge in [-0.3, -0.25) is 19.7 Å². The Hall–Kier alpha value is -1.39. The van der Waals surface area contributed by atoms with Gasteiger partial charge in [0.25, 0.3) is 0 Å². The van der Waals surface area contributed by atoms with Crippen LogP contribution in [-0.4, -0.2) is 36.2 Å². The molecule has 0 aromatic rings. The highest BCUT2D eigenvalue weighted by Gasteiger charge is 2.15. The van der Waals surface area contributed by atoms with Gasteiger partial charge in [0.1, 0.15) is 0 Å². The molecule has 0 aromatic heterocycles. The van der Waals surface area contributed by atoms with Crippen LogP contribution in [0.1, 0.15) is 25.7 Å². The second-order valence-corrected chi connectivity index (χ2v) is 3.39. The van der Waals surface area contributed by atoms with Crippen LogP contribution in [0.5, 0.6) is 0 Å². The first-order valence-corrected chi connectivity index (χ1v) is 4.66. The van der Waals surface area contributed by atoms with Gasteiger partial charge >= 0.3 is 0 Å². The minimum absolute atomic E-state index is 0.148. The third-order valence-electron chi connectivity index (χ3n) is 2.17. The Kier molecular flexibility index (Phi) is 3.62. The second kappa shape index (κ2) is 4.74. The molecule has 0 bridgehead atoms. The Bertz CT molecular complexity index is 249. The summed E-state index contributed by atoms with van der Waals surface area (Å²) in [6, 6.07) is 0. The first-order valence-electron chi connectivity index (χ1n) is 4.66. The van der Waals surface area contributed by atoms with E-state index in [0.29, 0.717) is 18.7 Å². The topological polar surface area (TPSA) is 66.5 Å². The van der Waals surface area contributed by atoms with E-state index in [9.17, 15) is 14.4 Å². The molecule has 1 N–H and O–H groups in total. The van der Waals surface area contributed by atoms with E-state index in [1.54, 1.807) is 4.90 Å². The molecule has 0 saturated carbocycles. The summed E-state index contributed by atoms with van der Waals surface area (Å²) in [5, 5.41) is 2.14. The molecule has 2 fully saturated rings. The number of imide groups is 1. The molecule has 0 aliphatic carbocycles. The fourth-order valence-electron chi connectivity index (χ4n) is 1.29. The molecular weight excluding hydrogens is 184 g/mol. The average molecular weight is 198 g/mol. The summed E-state index contributed by atoms with van der Waals surface area (Å²) in [4.78, 5) is 32.5. The predicted molar refractivity (Wildman–Crippen MR) is 49.3 cm³/mol. The number of nitrogens with zero attached hydrogens (tertiary/aromatic N) is 1. The van der Waals surface area contributed by atoms with Crippen molar-refractivity contribution in [3.8, 4) is 0 Å². The van der Waals surface area contributed by atoms with Crippen LogP contribution in [0.4, 0.5) is 0 Å². The smallest absolute Gasteiger partial charge is 0.227 e. The highest BCUT2D eigenvalue weighted by molar-refractivity contribution is 6.01. The van der Waals surface area contributed by atoms with Gasteiger partial charge in [0, 0.05) is 32.9 Å². The zero-order chi connectivity index (χ0) is 10.6. The molecule has 3 amide bonds. The number of nitrogens with one attached hydrogen (secondary N) is 1. The monoisotopic (exact) mass is 198 g/mol. The number of hydrogen-bond donors (Lipinski definition) is 1. The van der Waals surface area contributed by atoms with E-state index in [-0.39, 0.29) is 11.8 Å². The van der Waals surface area contributed by atoms with Gasteiger partial charge in [-0.1, -0.05) is 0 Å². The molecule has 0 unspecified atom stereocenters. The summed E-state index contributed by atoms with van der Waals surface area (Å²) >= 11 is 0. The van der Waals surface area contributed by atoms with Gasteiger partial charge in [-0.05, 0) is 6.42 Å². The highest BCUT2D eigenvalue weighted by atomic mass is 16.2. The molecule has 2 aliphatic rings. The van der Waals surface area contributed by atoms with Crippen LogP contribution in [0.3, 0.4) is 0 Å². The van der Waals surface area contributed by atoms with Crippen LogP contribution in [0, 0.1) is 0 Å². The summed E-state index contributed by atoms with van der Waals surface area (Å²) in [5.74, 6) is -0.00463. The molecule has 2 saturated heterocycles. The van der Waals surface area contributed by atoms with Gasteiger partial charge in [-0.15, -0.1) is 0 Å². The number of carbonyl (C=O) groups excluding carboxylic acids is 3. The largest absolute Gasteiger partial charge is 0.346 e. The van der Waals surface area contributed by atoms with Crippen molar-refractivity contribution in [2.75, 3.05) is 13.6 Å². The molecular formula is C9H14N2O3. The minimum atomic E-state index is -0.148. The highest BCUT2D eigenvalue weighted by Crippen LogP contribution is 2.04. The molecule has 78 valence electrons. The van der Waals surface area contributed by atoms with Gasteiger partial charge in [0.05, 0.1) is 0 Å². The molecule has 0 radical (unpaired) electrons. The zero-order valence-corrected chi connectivity index (χ0v) is 8.21. The Morgan fingerprint density at radius 3 is 1.79 bits per heavy atom. The van der Waals surface area contributed by atoms with Crippen molar-refractivity contribution in [1.29, 1.82) is 0 Å². The molecule has 2 rings (SSSR count). The lowest BCUT2D eigenvalue weighted by atomic mass is 10.4. The first kappa shape index (κ1) is 10.7. The maximum atomic E-state index is 10.5. The number of amides is 3. The Morgan fingerprint density at radius 2 is 1.64 bits per heavy atom. The van der Waals surface area contributed by atoms with Gasteiger partial charge in [-0.25, -0.2) is 0 Å². The van der Waals surface area contributed by atoms with Crippen molar-refractivity contribution in [2.45, 2.75) is 25.7 Å². The van der Waals surface area contributed by atoms with Gasteiger partial charge < -0.3 is 4.90 Å². The van der Waals surface area contributed by atoms with Gasteiger partial charge in [0.15, 0.2) is 0 Å². The van der Waals surface area contributed by atoms with Gasteiger partial charge in [0.2, 0.25) is 17.7 Å². The zero-order valence-electron chi connectivity index (χ0n) is 8.21. The maximum absolute atomic E-state index is 10.5. The lowest BCUT2D eigenvalue weighted by Crippen LogP contribution is -2.18. The molecule has 0 atom stereocenters. The summed E-state index contributed by atoms with van der Waals surface area (Å²) in [6.45, 7) is 0.957. The van der Waals surface area contributed by atoms with Crippen LogP contribution in [-0.2, 0) is 14.4 Å². The van der Waals surface area contributed by atoms with Gasteiger partial charge in [-0.2, -0.15) is 0 Å². The minimum Gasteiger partial charge on any atom is -0.346 e. The van der Waals surface area contributed by atoms with Crippen molar-refractivity contribution < 1.29 is 14.4 Å². The van der Waals surface area contributed by atoms with Crippen LogP contribution in [0.2, 0.25) is 0 Å². The Morgan fingerprint density at radius 1 is 1.07 bits per heavy atom. The maximum Gasteiger partial charge on any atom is 0.227 e. The molecule has 0 spiro atoms. The normalized spacial score (nSPS) is 20.6. The van der Waals surface area contributed by atoms with Crippen LogP contribution in [0.25, 0.3) is 0 Å². The number of hydrogen-bond acceptors (Lipinski definition) is 3. The molecule has 2 heterocycles. The Balaban J connectivity index is 0.000000140. The quantitative estimate of drug-likeness (QED) is 0.541. The fourth-order valence-corrected chi connectivity index (χ4v) is 1.29. The number of carbonyl (C=O) groups is 3. The summed E-state index contributed by atoms with van der Waals surface area (Å²) < 4.78 is 0. The lowest BCUT2D eigenvalue weighted by molar-refractivity contribution is -0.127. The molecule has 0 aromatic carbocycles. The molecule has 5 heteroatoms. The van der Waals surface area contributed by atoms with E-state index < -0.39 is 0 Å². The third kappa shape index (κ3) is 3.16. The lowest BCUT2D eigenvalue weighted by Gasteiger charge is -2.03. The summed E-state index contributed by atoms with van der Waals surface area (Å²) in [7, 11) is 1.84. The van der Waals surface area contributed by atoms with E-state index >= 15 is 0 Å². The van der Waals surface area contributed by atoms with Crippen molar-refractivity contribution in [1.82, 2.24) is 10.2 Å². The van der Waals surface area contributed by atoms with E-state index in [1.165, 1.54) is 0 Å². The summed E-state index contributed by atoms with van der Waals surface area (Å²) in [5.41, 5.74) is 0. The predicted octanol–water partition coefficient (Wildman–Crippen LogP) is -0.338. The molecule has 2 aliphatic heterocycles. The van der Waals surface area contributed by atoms with E-state index in [4.69, 9.17) is 0 Å². The fraction of sp³-hybridized carbons (Fsp3) is 0.667. The van der Waals surface area contributed by atoms with Crippen molar-refractivity contribution in [3.63, 3.8) is 0 Å². The van der Waals surface area contributed by atoms with Crippen LogP contribution >= 0.6 is 0 Å². The SMILES string of the molecule is CN1CCCC1=O.O=C1CCC(=O)N1. The van der Waals surface area contributed by atoms with E-state index in [2.05, 4.69) is 5.32 Å². The van der Waals surface area contributed by atoms with E-state index in [1.807, 2.05) is 7.05 Å². The van der Waals surface area contributed by atoms with Crippen LogP contribution < -0.4 is 5.32 Å². The van der Waals surface area contributed by atoms with Crippen molar-refractivity contribution >= 4 is 17.7 Å². The molecule has 14 heavy (non-hydrogen) atoms. The molecule has 5 nitrogen and oxygen atoms in total. The Labute approximate surface area is 82.4 Å². The summed E-state index contributed by atoms with van der Waals surface area (Å²) in [6.07, 6.45) is 2.56. The average Bonchev–Trinajstić information content (AvgIpc) is 2.65. The third-order valence-corrected chi connectivity index (χ3v) is 2.17. The number of likely N-dealkylation sites (tertiary alicyclic amines) is 1. The van der Waals surface area contributed by atoms with Crippen LogP contribution in [0.15, 0.2) is 0 Å². The standard InChI is InChI=1S/C5H9NO.C4H5NO2/c1-6-4-2-3-5(6)7;6-3-1-2-4(7)5-3/h2-4H2,1H3;1-2H2,(H,5,6,7). The van der Waals surface area contributed by atoms with Crippen molar-refractivity contribution in [3.05, 3.63) is 0 Å². The number of rotatable bonds is 0. The second-order valence-electron chi connectivity index (χ2n) is 3.39. The van der Waals surface area contributed by atoms with E-state index in [0.717, 1.165) is 19.4 Å². The first-order chi connectivity index (χ1) is 6.59.